The number of nitrogens with one attached hydrogen (secondary N) is 1. The van der Waals surface area contributed by atoms with E-state index in [2.05, 4.69) is 10.3 Å². The minimum Gasteiger partial charge on any atom is -0.481 e. The molecule has 0 saturated heterocycles. The number of carbonyl (C=O) groups excluding carboxylic acids is 1. The van der Waals surface area contributed by atoms with Gasteiger partial charge in [-0.2, -0.15) is 0 Å². The quantitative estimate of drug-likeness (QED) is 0.804. The lowest BCUT2D eigenvalue weighted by Crippen LogP contribution is -2.30. The third-order valence-electron chi connectivity index (χ3n) is 1.66. The smallest absolute Gasteiger partial charge is 0.251 e. The second-order valence-electron chi connectivity index (χ2n) is 3.35. The molecular weight excluding hydrogens is 216 g/mol. The third kappa shape index (κ3) is 3.40. The lowest BCUT2D eigenvalue weighted by molar-refractivity contribution is 0.0942. The van der Waals surface area contributed by atoms with Crippen molar-refractivity contribution in [2.75, 3.05) is 7.11 Å². The number of methoxy groups -OCH3 is 1. The Morgan fingerprint density at radius 2 is 2.20 bits per heavy atom. The number of nitrogens with zero attached hydrogens (tertiary/aromatic N) is 1. The third-order valence-corrected chi connectivity index (χ3v) is 1.86. The molecule has 1 rings (SSSR count). The van der Waals surface area contributed by atoms with Gasteiger partial charge in [0.05, 0.1) is 7.11 Å². The number of hydrogen-bond acceptors (Lipinski definition) is 3. The molecule has 0 aliphatic carbocycles. The van der Waals surface area contributed by atoms with Crippen molar-refractivity contribution in [2.45, 2.75) is 19.9 Å². The van der Waals surface area contributed by atoms with Gasteiger partial charge in [-0.05, 0) is 19.9 Å². The standard InChI is InChI=1S/C10H13ClN2O2/c1-6(2)12-10(14)7-4-8(11)13-9(5-7)15-3/h4-6H,1-3H3,(H,12,14). The number of hydrogen-bond donors (Lipinski definition) is 1. The van der Waals surface area contributed by atoms with Gasteiger partial charge in [0.1, 0.15) is 5.15 Å². The SMILES string of the molecule is COc1cc(C(=O)NC(C)C)cc(Cl)n1. The molecule has 1 aromatic rings. The topological polar surface area (TPSA) is 51.2 Å². The fraction of sp³-hybridized carbons (Fsp3) is 0.400. The summed E-state index contributed by atoms with van der Waals surface area (Å²) in [6.45, 7) is 3.77. The number of aromatic nitrogens is 1. The molecular formula is C10H13ClN2O2. The van der Waals surface area contributed by atoms with E-state index in [-0.39, 0.29) is 17.1 Å². The number of halogens is 1. The Morgan fingerprint density at radius 3 is 2.73 bits per heavy atom. The number of carbonyl (C=O) groups is 1. The highest BCUT2D eigenvalue weighted by Crippen LogP contribution is 2.15. The Hall–Kier alpha value is -1.29. The van der Waals surface area contributed by atoms with Crippen molar-refractivity contribution < 1.29 is 9.53 Å². The zero-order valence-corrected chi connectivity index (χ0v) is 9.63. The predicted octanol–water partition coefficient (Wildman–Crippen LogP) is 1.88. The lowest BCUT2D eigenvalue weighted by Gasteiger charge is -2.09. The molecule has 1 amide bonds. The van der Waals surface area contributed by atoms with Gasteiger partial charge in [-0.1, -0.05) is 11.6 Å². The van der Waals surface area contributed by atoms with Crippen LogP contribution in [0, 0.1) is 0 Å². The van der Waals surface area contributed by atoms with Crippen LogP contribution in [0.3, 0.4) is 0 Å². The Bertz CT molecular complexity index is 366. The van der Waals surface area contributed by atoms with Gasteiger partial charge in [0, 0.05) is 17.7 Å². The van der Waals surface area contributed by atoms with Crippen molar-refractivity contribution in [3.8, 4) is 5.88 Å². The summed E-state index contributed by atoms with van der Waals surface area (Å²) in [5, 5.41) is 3.00. The number of pyridine rings is 1. The number of rotatable bonds is 3. The van der Waals surface area contributed by atoms with E-state index in [4.69, 9.17) is 16.3 Å². The highest BCUT2D eigenvalue weighted by atomic mass is 35.5. The zero-order chi connectivity index (χ0) is 11.4. The predicted molar refractivity (Wildman–Crippen MR) is 58.4 cm³/mol. The second-order valence-corrected chi connectivity index (χ2v) is 3.74. The molecule has 0 bridgehead atoms. The highest BCUT2D eigenvalue weighted by molar-refractivity contribution is 6.29. The highest BCUT2D eigenvalue weighted by Gasteiger charge is 2.10. The van der Waals surface area contributed by atoms with Crippen LogP contribution in [0.15, 0.2) is 12.1 Å². The largest absolute Gasteiger partial charge is 0.481 e. The van der Waals surface area contributed by atoms with Gasteiger partial charge in [-0.15, -0.1) is 0 Å². The molecule has 0 radical (unpaired) electrons. The Labute approximate surface area is 93.6 Å². The first-order chi connectivity index (χ1) is 7.02. The van der Waals surface area contributed by atoms with Gasteiger partial charge < -0.3 is 10.1 Å². The van der Waals surface area contributed by atoms with Crippen molar-refractivity contribution in [3.05, 3.63) is 22.8 Å². The van der Waals surface area contributed by atoms with E-state index < -0.39 is 0 Å². The first-order valence-corrected chi connectivity index (χ1v) is 4.93. The monoisotopic (exact) mass is 228 g/mol. The number of ether oxygens (including phenoxy) is 1. The van der Waals surface area contributed by atoms with Crippen LogP contribution in [0.2, 0.25) is 5.15 Å². The molecule has 15 heavy (non-hydrogen) atoms. The van der Waals surface area contributed by atoms with E-state index in [0.717, 1.165) is 0 Å². The van der Waals surface area contributed by atoms with Crippen LogP contribution in [-0.2, 0) is 0 Å². The van der Waals surface area contributed by atoms with E-state index in [1.165, 1.54) is 13.2 Å². The fourth-order valence-electron chi connectivity index (χ4n) is 1.05. The average Bonchev–Trinajstić information content (AvgIpc) is 2.15. The maximum atomic E-state index is 11.6. The maximum Gasteiger partial charge on any atom is 0.251 e. The van der Waals surface area contributed by atoms with Gasteiger partial charge in [0.15, 0.2) is 0 Å². The molecule has 1 aromatic heterocycles. The second kappa shape index (κ2) is 4.98. The van der Waals surface area contributed by atoms with Crippen LogP contribution in [-0.4, -0.2) is 24.0 Å². The van der Waals surface area contributed by atoms with Crippen LogP contribution in [0.4, 0.5) is 0 Å². The van der Waals surface area contributed by atoms with E-state index in [9.17, 15) is 4.79 Å². The molecule has 5 heteroatoms. The number of amides is 1. The van der Waals surface area contributed by atoms with E-state index in [1.54, 1.807) is 6.07 Å². The van der Waals surface area contributed by atoms with E-state index in [0.29, 0.717) is 11.4 Å². The van der Waals surface area contributed by atoms with E-state index in [1.807, 2.05) is 13.8 Å². The maximum absolute atomic E-state index is 11.6. The summed E-state index contributed by atoms with van der Waals surface area (Å²) in [6.07, 6.45) is 0. The van der Waals surface area contributed by atoms with Gasteiger partial charge in [-0.3, -0.25) is 4.79 Å². The van der Waals surface area contributed by atoms with Gasteiger partial charge in [0.2, 0.25) is 5.88 Å². The minimum absolute atomic E-state index is 0.0791. The summed E-state index contributed by atoms with van der Waals surface area (Å²) in [4.78, 5) is 15.5. The van der Waals surface area contributed by atoms with Crippen LogP contribution in [0.25, 0.3) is 0 Å². The minimum atomic E-state index is -0.187. The zero-order valence-electron chi connectivity index (χ0n) is 8.87. The normalized spacial score (nSPS) is 10.2. The van der Waals surface area contributed by atoms with Gasteiger partial charge in [0.25, 0.3) is 5.91 Å². The summed E-state index contributed by atoms with van der Waals surface area (Å²) in [5.74, 6) is 0.143. The first kappa shape index (κ1) is 11.8. The molecule has 0 aromatic carbocycles. The molecule has 0 spiro atoms. The molecule has 4 nitrogen and oxygen atoms in total. The molecule has 0 fully saturated rings. The molecule has 1 heterocycles. The molecule has 1 N–H and O–H groups in total. The summed E-state index contributed by atoms with van der Waals surface area (Å²) in [6, 6.07) is 3.13. The molecule has 82 valence electrons. The molecule has 0 unspecified atom stereocenters. The molecule has 0 aliphatic rings. The summed E-state index contributed by atoms with van der Waals surface area (Å²) >= 11 is 5.74. The fourth-order valence-corrected chi connectivity index (χ4v) is 1.25. The van der Waals surface area contributed by atoms with Crippen molar-refractivity contribution in [2.24, 2.45) is 0 Å². The molecule has 0 aliphatic heterocycles. The Kier molecular flexibility index (Phi) is 3.91. The van der Waals surface area contributed by atoms with Crippen LogP contribution in [0.5, 0.6) is 5.88 Å². The summed E-state index contributed by atoms with van der Waals surface area (Å²) < 4.78 is 4.92. The van der Waals surface area contributed by atoms with Crippen molar-refractivity contribution in [1.82, 2.24) is 10.3 Å². The van der Waals surface area contributed by atoms with Crippen molar-refractivity contribution in [3.63, 3.8) is 0 Å². The van der Waals surface area contributed by atoms with Gasteiger partial charge >= 0.3 is 0 Å². The van der Waals surface area contributed by atoms with Gasteiger partial charge in [-0.25, -0.2) is 4.98 Å². The Morgan fingerprint density at radius 1 is 1.53 bits per heavy atom. The lowest BCUT2D eigenvalue weighted by atomic mass is 10.2. The van der Waals surface area contributed by atoms with E-state index >= 15 is 0 Å². The molecule has 0 saturated carbocycles. The molecule has 0 atom stereocenters. The summed E-state index contributed by atoms with van der Waals surface area (Å²) in [7, 11) is 1.47. The Balaban J connectivity index is 2.93. The average molecular weight is 229 g/mol. The van der Waals surface area contributed by atoms with Crippen molar-refractivity contribution >= 4 is 17.5 Å². The van der Waals surface area contributed by atoms with Crippen LogP contribution < -0.4 is 10.1 Å². The first-order valence-electron chi connectivity index (χ1n) is 4.55. The summed E-state index contributed by atoms with van der Waals surface area (Å²) in [5.41, 5.74) is 0.445. The van der Waals surface area contributed by atoms with Crippen LogP contribution >= 0.6 is 11.6 Å². The van der Waals surface area contributed by atoms with Crippen molar-refractivity contribution in [1.29, 1.82) is 0 Å². The van der Waals surface area contributed by atoms with Crippen LogP contribution in [0.1, 0.15) is 24.2 Å².